The van der Waals surface area contributed by atoms with E-state index in [1.165, 1.54) is 17.5 Å². The third-order valence-corrected chi connectivity index (χ3v) is 6.02. The number of methoxy groups -OCH3 is 1. The molecule has 0 aromatic heterocycles. The van der Waals surface area contributed by atoms with E-state index in [4.69, 9.17) is 25.8 Å². The minimum absolute atomic E-state index is 0.139. The largest absolute Gasteiger partial charge is 0.493 e. The van der Waals surface area contributed by atoms with Gasteiger partial charge in [-0.2, -0.15) is 10.2 Å². The molecular weight excluding hydrogens is 420 g/mol. The van der Waals surface area contributed by atoms with Gasteiger partial charge in [0, 0.05) is 26.1 Å². The number of hydrogen-bond donors (Lipinski definition) is 2. The average Bonchev–Trinajstić information content (AvgIpc) is 3.17. The summed E-state index contributed by atoms with van der Waals surface area (Å²) >= 11 is 0. The van der Waals surface area contributed by atoms with E-state index in [-0.39, 0.29) is 6.10 Å². The van der Waals surface area contributed by atoms with Crippen molar-refractivity contribution >= 4 is 12.7 Å². The summed E-state index contributed by atoms with van der Waals surface area (Å²) in [5.74, 6) is 7.57. The predicted molar refractivity (Wildman–Crippen MR) is 129 cm³/mol. The summed E-state index contributed by atoms with van der Waals surface area (Å²) in [4.78, 5) is 2.06. The number of benzene rings is 2. The molecule has 1 fully saturated rings. The van der Waals surface area contributed by atoms with Crippen LogP contribution in [0.5, 0.6) is 17.2 Å². The lowest BCUT2D eigenvalue weighted by Gasteiger charge is -2.16. The third kappa shape index (κ3) is 5.79. The molecule has 0 spiro atoms. The van der Waals surface area contributed by atoms with Crippen LogP contribution in [0.15, 0.2) is 46.6 Å². The highest BCUT2D eigenvalue weighted by Gasteiger charge is 2.22. The second-order valence-corrected chi connectivity index (χ2v) is 8.21. The molecule has 1 atom stereocenters. The highest BCUT2D eigenvalue weighted by Crippen LogP contribution is 2.33. The minimum Gasteiger partial charge on any atom is -0.493 e. The summed E-state index contributed by atoms with van der Waals surface area (Å²) in [6.07, 6.45) is 5.87. The zero-order chi connectivity index (χ0) is 23.0. The lowest BCUT2D eigenvalue weighted by atomic mass is 10.0. The number of fused-ring (bicyclic) bond motifs is 1. The van der Waals surface area contributed by atoms with Crippen LogP contribution in [0.4, 0.5) is 0 Å². The van der Waals surface area contributed by atoms with Gasteiger partial charge in [-0.25, -0.2) is 0 Å². The van der Waals surface area contributed by atoms with Gasteiger partial charge in [0.1, 0.15) is 31.1 Å². The van der Waals surface area contributed by atoms with E-state index in [9.17, 15) is 0 Å². The molecular formula is C24H32N6O3. The maximum Gasteiger partial charge on any atom is 0.161 e. The maximum atomic E-state index is 6.15. The van der Waals surface area contributed by atoms with Gasteiger partial charge in [-0.1, -0.05) is 12.1 Å². The second kappa shape index (κ2) is 10.8. The first-order valence-corrected chi connectivity index (χ1v) is 11.2. The molecule has 1 saturated heterocycles. The van der Waals surface area contributed by atoms with Crippen molar-refractivity contribution in [1.82, 2.24) is 9.91 Å². The SMILES string of the molecule is COc1cc2c(cc1OCc1ccc(OC3CCN(C=NN)C3)cc1)CCN(N=CN)CC2. The van der Waals surface area contributed by atoms with Crippen LogP contribution in [0.25, 0.3) is 0 Å². The van der Waals surface area contributed by atoms with Gasteiger partial charge in [0.2, 0.25) is 0 Å². The van der Waals surface area contributed by atoms with Crippen LogP contribution < -0.4 is 25.8 Å². The smallest absolute Gasteiger partial charge is 0.161 e. The standard InChI is InChI=1S/C24H32N6O3/c1-31-23-12-19-6-10-30(28-16-25)11-7-20(19)13-24(23)32-15-18-2-4-21(5-3-18)33-22-8-9-29(14-22)17-27-26/h2-5,12-13,16-17,22H,6-11,14-15,26H2,1H3,(H2,25,28). The van der Waals surface area contributed by atoms with Gasteiger partial charge in [-0.15, -0.1) is 0 Å². The van der Waals surface area contributed by atoms with Gasteiger partial charge in [0.05, 0.1) is 13.7 Å². The van der Waals surface area contributed by atoms with E-state index >= 15 is 0 Å². The summed E-state index contributed by atoms with van der Waals surface area (Å²) in [5.41, 5.74) is 9.04. The normalized spacial score (nSPS) is 18.5. The van der Waals surface area contributed by atoms with Crippen LogP contribution in [0.1, 0.15) is 23.1 Å². The molecule has 4 N–H and O–H groups in total. The van der Waals surface area contributed by atoms with Gasteiger partial charge in [0.25, 0.3) is 0 Å². The molecule has 2 aliphatic heterocycles. The highest BCUT2D eigenvalue weighted by atomic mass is 16.5. The molecule has 0 aliphatic carbocycles. The number of nitrogens with two attached hydrogens (primary N) is 2. The maximum absolute atomic E-state index is 6.15. The van der Waals surface area contributed by atoms with E-state index in [1.54, 1.807) is 13.4 Å². The Morgan fingerprint density at radius 3 is 2.45 bits per heavy atom. The highest BCUT2D eigenvalue weighted by molar-refractivity contribution is 5.55. The number of ether oxygens (including phenoxy) is 3. The predicted octanol–water partition coefficient (Wildman–Crippen LogP) is 1.93. The van der Waals surface area contributed by atoms with Crippen LogP contribution in [0.3, 0.4) is 0 Å². The monoisotopic (exact) mass is 452 g/mol. The van der Waals surface area contributed by atoms with E-state index < -0.39 is 0 Å². The van der Waals surface area contributed by atoms with Gasteiger partial charge in [-0.05, 0) is 53.8 Å². The summed E-state index contributed by atoms with van der Waals surface area (Å²) in [6, 6.07) is 12.2. The Morgan fingerprint density at radius 2 is 1.79 bits per heavy atom. The Balaban J connectivity index is 1.36. The Bertz CT molecular complexity index is 979. The molecule has 0 bridgehead atoms. The molecule has 0 amide bonds. The van der Waals surface area contributed by atoms with Crippen LogP contribution >= 0.6 is 0 Å². The van der Waals surface area contributed by atoms with Crippen LogP contribution in [0.2, 0.25) is 0 Å². The molecule has 9 nitrogen and oxygen atoms in total. The lowest BCUT2D eigenvalue weighted by molar-refractivity contribution is 0.215. The van der Waals surface area contributed by atoms with Crippen molar-refractivity contribution in [3.8, 4) is 17.2 Å². The Labute approximate surface area is 194 Å². The van der Waals surface area contributed by atoms with Crippen molar-refractivity contribution in [3.05, 3.63) is 53.1 Å². The minimum atomic E-state index is 0.139. The number of rotatable bonds is 8. The summed E-state index contributed by atoms with van der Waals surface area (Å²) in [6.45, 7) is 3.80. The molecule has 1 unspecified atom stereocenters. The zero-order valence-corrected chi connectivity index (χ0v) is 19.0. The molecule has 9 heteroatoms. The molecule has 2 heterocycles. The first-order valence-electron chi connectivity index (χ1n) is 11.2. The van der Waals surface area contributed by atoms with Crippen molar-refractivity contribution in [2.24, 2.45) is 21.8 Å². The first-order chi connectivity index (χ1) is 16.2. The van der Waals surface area contributed by atoms with Crippen molar-refractivity contribution in [1.29, 1.82) is 0 Å². The molecule has 2 aromatic carbocycles. The van der Waals surface area contributed by atoms with Crippen molar-refractivity contribution in [3.63, 3.8) is 0 Å². The summed E-state index contributed by atoms with van der Waals surface area (Å²) in [5, 5.41) is 9.79. The van der Waals surface area contributed by atoms with Gasteiger partial charge < -0.3 is 30.7 Å². The van der Waals surface area contributed by atoms with Crippen LogP contribution in [0, 0.1) is 0 Å². The van der Waals surface area contributed by atoms with Gasteiger partial charge in [-0.3, -0.25) is 5.01 Å². The summed E-state index contributed by atoms with van der Waals surface area (Å²) < 4.78 is 17.8. The number of nitrogens with zero attached hydrogens (tertiary/aromatic N) is 4. The molecule has 33 heavy (non-hydrogen) atoms. The second-order valence-electron chi connectivity index (χ2n) is 8.21. The number of hydrazone groups is 2. The van der Waals surface area contributed by atoms with E-state index in [2.05, 4.69) is 27.2 Å². The van der Waals surface area contributed by atoms with Crippen molar-refractivity contribution in [2.75, 3.05) is 33.3 Å². The molecule has 4 rings (SSSR count). The fourth-order valence-electron chi connectivity index (χ4n) is 4.27. The zero-order valence-electron chi connectivity index (χ0n) is 19.0. The third-order valence-electron chi connectivity index (χ3n) is 6.02. The van der Waals surface area contributed by atoms with Gasteiger partial charge >= 0.3 is 0 Å². The fourth-order valence-corrected chi connectivity index (χ4v) is 4.27. The van der Waals surface area contributed by atoms with E-state index in [0.29, 0.717) is 6.61 Å². The lowest BCUT2D eigenvalue weighted by Crippen LogP contribution is -2.24. The Kier molecular flexibility index (Phi) is 7.39. The quantitative estimate of drug-likeness (QED) is 0.272. The van der Waals surface area contributed by atoms with Crippen molar-refractivity contribution < 1.29 is 14.2 Å². The topological polar surface area (TPSA) is 111 Å². The number of hydrogen-bond acceptors (Lipinski definition) is 7. The summed E-state index contributed by atoms with van der Waals surface area (Å²) in [7, 11) is 1.67. The Morgan fingerprint density at radius 1 is 1.06 bits per heavy atom. The van der Waals surface area contributed by atoms with Gasteiger partial charge in [0.15, 0.2) is 11.5 Å². The number of likely N-dealkylation sites (tertiary alicyclic amines) is 1. The van der Waals surface area contributed by atoms with Crippen LogP contribution in [-0.4, -0.2) is 62.0 Å². The molecule has 2 aromatic rings. The first kappa shape index (κ1) is 22.6. The molecule has 0 saturated carbocycles. The molecule has 0 radical (unpaired) electrons. The van der Waals surface area contributed by atoms with E-state index in [1.807, 2.05) is 29.3 Å². The molecule has 176 valence electrons. The van der Waals surface area contributed by atoms with Crippen LogP contribution in [-0.2, 0) is 19.4 Å². The van der Waals surface area contributed by atoms with Crippen molar-refractivity contribution in [2.45, 2.75) is 32.0 Å². The van der Waals surface area contributed by atoms with E-state index in [0.717, 1.165) is 68.3 Å². The molecule has 2 aliphatic rings. The average molecular weight is 453 g/mol. The Hall–Kier alpha value is -3.62. The fraction of sp³-hybridized carbons (Fsp3) is 0.417.